The molecule has 0 saturated heterocycles. The number of hydrogen-bond donors (Lipinski definition) is 0. The van der Waals surface area contributed by atoms with E-state index in [0.29, 0.717) is 11.0 Å². The van der Waals surface area contributed by atoms with Crippen molar-refractivity contribution in [3.05, 3.63) is 50.7 Å². The lowest BCUT2D eigenvalue weighted by atomic mass is 10.1. The van der Waals surface area contributed by atoms with Gasteiger partial charge in [0.25, 0.3) is 5.69 Å². The van der Waals surface area contributed by atoms with Crippen LogP contribution in [0.3, 0.4) is 0 Å². The largest absolute Gasteiger partial charge is 0.270 e. The Kier molecular flexibility index (Phi) is 3.11. The van der Waals surface area contributed by atoms with Crippen LogP contribution in [0.5, 0.6) is 0 Å². The van der Waals surface area contributed by atoms with Crippen LogP contribution in [0.25, 0.3) is 21.3 Å². The van der Waals surface area contributed by atoms with Gasteiger partial charge < -0.3 is 0 Å². The summed E-state index contributed by atoms with van der Waals surface area (Å²) in [7, 11) is 0. The average Bonchev–Trinajstić information content (AvgIpc) is 2.82. The lowest BCUT2D eigenvalue weighted by Crippen LogP contribution is -1.90. The molecule has 2 heterocycles. The number of benzene rings is 1. The van der Waals surface area contributed by atoms with Gasteiger partial charge in [-0.1, -0.05) is 23.7 Å². The van der Waals surface area contributed by atoms with Crippen LogP contribution in [0.15, 0.2) is 29.6 Å². The molecule has 5 nitrogen and oxygen atoms in total. The van der Waals surface area contributed by atoms with Crippen LogP contribution in [0.2, 0.25) is 5.15 Å². The minimum atomic E-state index is -0.411. The molecule has 0 atom stereocenters. The Bertz CT molecular complexity index is 832. The molecular formula is C13H8ClN3O2S. The minimum absolute atomic E-state index is 0.0544. The van der Waals surface area contributed by atoms with Crippen molar-refractivity contribution in [1.29, 1.82) is 0 Å². The van der Waals surface area contributed by atoms with Gasteiger partial charge in [0.05, 0.1) is 15.1 Å². The van der Waals surface area contributed by atoms with Crippen molar-refractivity contribution < 1.29 is 4.92 Å². The molecule has 0 aliphatic heterocycles. The smallest absolute Gasteiger partial charge is 0.258 e. The summed E-state index contributed by atoms with van der Waals surface area (Å²) in [5.74, 6) is 0.576. The summed E-state index contributed by atoms with van der Waals surface area (Å²) in [6.07, 6.45) is 0. The molecule has 0 spiro atoms. The predicted molar refractivity (Wildman–Crippen MR) is 79.3 cm³/mol. The van der Waals surface area contributed by atoms with Gasteiger partial charge in [-0.05, 0) is 12.5 Å². The van der Waals surface area contributed by atoms with Gasteiger partial charge in [0, 0.05) is 23.1 Å². The molecular weight excluding hydrogens is 298 g/mol. The molecule has 7 heteroatoms. The van der Waals surface area contributed by atoms with E-state index in [1.54, 1.807) is 13.0 Å². The topological polar surface area (TPSA) is 68.9 Å². The van der Waals surface area contributed by atoms with Crippen molar-refractivity contribution >= 4 is 38.8 Å². The van der Waals surface area contributed by atoms with Gasteiger partial charge >= 0.3 is 0 Å². The van der Waals surface area contributed by atoms with Crippen LogP contribution in [0.4, 0.5) is 5.69 Å². The van der Waals surface area contributed by atoms with Gasteiger partial charge in [-0.3, -0.25) is 10.1 Å². The van der Waals surface area contributed by atoms with E-state index in [0.717, 1.165) is 21.3 Å². The number of fused-ring (bicyclic) bond motifs is 1. The molecule has 2 aromatic heterocycles. The van der Waals surface area contributed by atoms with Crippen LogP contribution in [-0.4, -0.2) is 14.9 Å². The summed E-state index contributed by atoms with van der Waals surface area (Å²) in [6, 6.07) is 6.48. The molecule has 0 bridgehead atoms. The Balaban J connectivity index is 2.25. The van der Waals surface area contributed by atoms with Crippen molar-refractivity contribution in [3.63, 3.8) is 0 Å². The molecule has 100 valence electrons. The Morgan fingerprint density at radius 1 is 1.35 bits per heavy atom. The molecule has 0 aliphatic carbocycles. The number of aromatic nitrogens is 2. The average molecular weight is 306 g/mol. The number of nitro groups is 1. The first-order chi connectivity index (χ1) is 9.56. The number of non-ortho nitro benzene ring substituents is 1. The van der Waals surface area contributed by atoms with Gasteiger partial charge in [-0.2, -0.15) is 0 Å². The summed E-state index contributed by atoms with van der Waals surface area (Å²) in [6.45, 7) is 1.76. The van der Waals surface area contributed by atoms with E-state index in [2.05, 4.69) is 9.97 Å². The number of rotatable bonds is 2. The first kappa shape index (κ1) is 13.0. The zero-order valence-electron chi connectivity index (χ0n) is 10.3. The number of aryl methyl sites for hydroxylation is 1. The summed E-state index contributed by atoms with van der Waals surface area (Å²) in [5.41, 5.74) is 2.37. The highest BCUT2D eigenvalue weighted by atomic mass is 35.5. The van der Waals surface area contributed by atoms with Crippen LogP contribution in [0, 0.1) is 17.0 Å². The fourth-order valence-electron chi connectivity index (χ4n) is 1.98. The van der Waals surface area contributed by atoms with Crippen molar-refractivity contribution in [1.82, 2.24) is 9.97 Å². The van der Waals surface area contributed by atoms with Crippen molar-refractivity contribution in [3.8, 4) is 11.1 Å². The van der Waals surface area contributed by atoms with E-state index in [9.17, 15) is 10.1 Å². The Hall–Kier alpha value is -2.05. The number of halogens is 1. The Morgan fingerprint density at radius 2 is 2.15 bits per heavy atom. The summed E-state index contributed by atoms with van der Waals surface area (Å²) in [4.78, 5) is 18.9. The van der Waals surface area contributed by atoms with E-state index in [1.807, 2.05) is 11.4 Å². The Morgan fingerprint density at radius 3 is 2.90 bits per heavy atom. The predicted octanol–water partition coefficient (Wildman–Crippen LogP) is 4.23. The maximum atomic E-state index is 10.9. The normalized spacial score (nSPS) is 10.9. The van der Waals surface area contributed by atoms with E-state index >= 15 is 0 Å². The van der Waals surface area contributed by atoms with Crippen LogP contribution < -0.4 is 0 Å². The van der Waals surface area contributed by atoms with Gasteiger partial charge in [-0.15, -0.1) is 11.3 Å². The van der Waals surface area contributed by atoms with Crippen molar-refractivity contribution in [2.24, 2.45) is 0 Å². The molecule has 3 rings (SSSR count). The maximum Gasteiger partial charge on any atom is 0.270 e. The second-order valence-corrected chi connectivity index (χ2v) is 5.43. The quantitative estimate of drug-likeness (QED) is 0.403. The van der Waals surface area contributed by atoms with E-state index in [4.69, 9.17) is 11.6 Å². The van der Waals surface area contributed by atoms with Crippen LogP contribution in [0.1, 0.15) is 5.82 Å². The minimum Gasteiger partial charge on any atom is -0.258 e. The zero-order valence-corrected chi connectivity index (χ0v) is 11.9. The lowest BCUT2D eigenvalue weighted by molar-refractivity contribution is -0.384. The SMILES string of the molecule is Cc1nc(Cl)c2scc(-c3cccc([N+](=O)[O-])c3)c2n1. The third-order valence-corrected chi connectivity index (χ3v) is 4.22. The zero-order chi connectivity index (χ0) is 14.3. The summed E-state index contributed by atoms with van der Waals surface area (Å²) in [5, 5.41) is 13.2. The highest BCUT2D eigenvalue weighted by Gasteiger charge is 2.14. The first-order valence-electron chi connectivity index (χ1n) is 5.72. The van der Waals surface area contributed by atoms with Gasteiger partial charge in [0.1, 0.15) is 5.82 Å². The first-order valence-corrected chi connectivity index (χ1v) is 6.98. The van der Waals surface area contributed by atoms with Crippen LogP contribution in [-0.2, 0) is 0 Å². The molecule has 20 heavy (non-hydrogen) atoms. The van der Waals surface area contributed by atoms with E-state index in [-0.39, 0.29) is 5.69 Å². The van der Waals surface area contributed by atoms with Gasteiger partial charge in [0.15, 0.2) is 5.15 Å². The second kappa shape index (κ2) is 4.81. The van der Waals surface area contributed by atoms with Gasteiger partial charge in [-0.25, -0.2) is 9.97 Å². The van der Waals surface area contributed by atoms with Crippen molar-refractivity contribution in [2.75, 3.05) is 0 Å². The third kappa shape index (κ3) is 2.13. The third-order valence-electron chi connectivity index (χ3n) is 2.85. The fourth-order valence-corrected chi connectivity index (χ4v) is 3.22. The number of nitrogens with zero attached hydrogens (tertiary/aromatic N) is 3. The number of nitro benzene ring substituents is 1. The molecule has 1 aromatic carbocycles. The second-order valence-electron chi connectivity index (χ2n) is 4.20. The molecule has 0 saturated carbocycles. The monoisotopic (exact) mass is 305 g/mol. The maximum absolute atomic E-state index is 10.9. The van der Waals surface area contributed by atoms with Gasteiger partial charge in [0.2, 0.25) is 0 Å². The van der Waals surface area contributed by atoms with Crippen LogP contribution >= 0.6 is 22.9 Å². The molecule has 0 radical (unpaired) electrons. The molecule has 3 aromatic rings. The molecule has 0 aliphatic rings. The molecule has 0 amide bonds. The summed E-state index contributed by atoms with van der Waals surface area (Å²) < 4.78 is 0.791. The van der Waals surface area contributed by atoms with E-state index < -0.39 is 4.92 Å². The summed E-state index contributed by atoms with van der Waals surface area (Å²) >= 11 is 7.53. The standard InChI is InChI=1S/C13H8ClN3O2S/c1-7-15-11-10(6-20-12(11)13(14)16-7)8-3-2-4-9(5-8)17(18)19/h2-6H,1H3. The molecule has 0 N–H and O–H groups in total. The molecule has 0 fully saturated rings. The lowest BCUT2D eigenvalue weighted by Gasteiger charge is -2.01. The highest BCUT2D eigenvalue weighted by Crippen LogP contribution is 2.36. The molecule has 0 unspecified atom stereocenters. The van der Waals surface area contributed by atoms with Crippen molar-refractivity contribution in [2.45, 2.75) is 6.92 Å². The highest BCUT2D eigenvalue weighted by molar-refractivity contribution is 7.18. The number of thiophene rings is 1. The Labute approximate surface area is 123 Å². The number of hydrogen-bond acceptors (Lipinski definition) is 5. The fraction of sp³-hybridized carbons (Fsp3) is 0.0769. The van der Waals surface area contributed by atoms with E-state index in [1.165, 1.54) is 23.5 Å².